The van der Waals surface area contributed by atoms with Crippen LogP contribution in [-0.2, 0) is 9.47 Å². The molecule has 62 valence electrons. The Labute approximate surface area is 64.4 Å². The van der Waals surface area contributed by atoms with Crippen molar-refractivity contribution in [3.05, 3.63) is 12.3 Å². The zero-order valence-corrected chi connectivity index (χ0v) is 6.24. The first-order valence-electron chi connectivity index (χ1n) is 3.33. The zero-order valence-electron chi connectivity index (χ0n) is 6.24. The van der Waals surface area contributed by atoms with Crippen LogP contribution in [0.2, 0.25) is 0 Å². The van der Waals surface area contributed by atoms with E-state index in [-0.39, 0.29) is 12.5 Å². The highest BCUT2D eigenvalue weighted by Crippen LogP contribution is 2.23. The minimum absolute atomic E-state index is 0.141. The van der Waals surface area contributed by atoms with Crippen molar-refractivity contribution >= 4 is 6.16 Å². The van der Waals surface area contributed by atoms with E-state index >= 15 is 0 Å². The quantitative estimate of drug-likeness (QED) is 0.569. The van der Waals surface area contributed by atoms with Crippen LogP contribution in [0.1, 0.15) is 6.92 Å². The first-order chi connectivity index (χ1) is 5.15. The number of hydrogen-bond acceptors (Lipinski definition) is 4. The van der Waals surface area contributed by atoms with E-state index in [0.29, 0.717) is 5.76 Å². The van der Waals surface area contributed by atoms with E-state index in [1.807, 2.05) is 0 Å². The summed E-state index contributed by atoms with van der Waals surface area (Å²) < 4.78 is 9.21. The number of carbonyl (C=O) groups is 1. The highest BCUT2D eigenvalue weighted by atomic mass is 16.7. The van der Waals surface area contributed by atoms with E-state index in [9.17, 15) is 4.79 Å². The van der Waals surface area contributed by atoms with Crippen molar-refractivity contribution in [2.45, 2.75) is 13.0 Å². The van der Waals surface area contributed by atoms with Crippen LogP contribution in [0.3, 0.4) is 0 Å². The molecule has 11 heavy (non-hydrogen) atoms. The summed E-state index contributed by atoms with van der Waals surface area (Å²) in [5, 5.41) is 8.72. The number of rotatable bonds is 1. The Hall–Kier alpha value is -1.03. The molecule has 1 fully saturated rings. The maximum atomic E-state index is 10.6. The topological polar surface area (TPSA) is 55.8 Å². The molecule has 0 spiro atoms. The fourth-order valence-corrected chi connectivity index (χ4v) is 0.852. The van der Waals surface area contributed by atoms with Gasteiger partial charge in [0, 0.05) is 0 Å². The molecule has 1 aliphatic heterocycles. The largest absolute Gasteiger partial charge is 0.513 e. The fourth-order valence-electron chi connectivity index (χ4n) is 0.852. The molecule has 0 aliphatic carbocycles. The van der Waals surface area contributed by atoms with Gasteiger partial charge in [0.15, 0.2) is 0 Å². The second-order valence-corrected chi connectivity index (χ2v) is 2.45. The molecule has 2 atom stereocenters. The summed E-state index contributed by atoms with van der Waals surface area (Å²) >= 11 is 0. The summed E-state index contributed by atoms with van der Waals surface area (Å²) in [6.07, 6.45) is -1.30. The second-order valence-electron chi connectivity index (χ2n) is 2.45. The Morgan fingerprint density at radius 1 is 1.73 bits per heavy atom. The van der Waals surface area contributed by atoms with Crippen LogP contribution < -0.4 is 0 Å². The van der Waals surface area contributed by atoms with Crippen molar-refractivity contribution in [2.24, 2.45) is 5.92 Å². The lowest BCUT2D eigenvalue weighted by atomic mass is 10.0. The third-order valence-corrected chi connectivity index (χ3v) is 1.71. The maximum absolute atomic E-state index is 10.6. The van der Waals surface area contributed by atoms with Crippen molar-refractivity contribution in [1.82, 2.24) is 0 Å². The predicted octanol–water partition coefficient (Wildman–Crippen LogP) is 0.664. The molecule has 1 N–H and O–H groups in total. The number of hydrogen-bond donors (Lipinski definition) is 1. The normalized spacial score (nSPS) is 31.1. The van der Waals surface area contributed by atoms with Gasteiger partial charge in [0.05, 0.1) is 12.5 Å². The lowest BCUT2D eigenvalue weighted by Crippen LogP contribution is -2.35. The van der Waals surface area contributed by atoms with Crippen LogP contribution in [0, 0.1) is 5.92 Å². The van der Waals surface area contributed by atoms with Crippen LogP contribution in [0.25, 0.3) is 0 Å². The standard InChI is InChI=1S/C7H10O4/c1-4-5(2)10-7(9)11-6(4)3-8/h4,6,8H,2-3H2,1H3. The first kappa shape index (κ1) is 8.07. The molecular weight excluding hydrogens is 148 g/mol. The average molecular weight is 158 g/mol. The van der Waals surface area contributed by atoms with Crippen LogP contribution in [0.5, 0.6) is 0 Å². The van der Waals surface area contributed by atoms with Crippen molar-refractivity contribution in [3.63, 3.8) is 0 Å². The molecule has 1 heterocycles. The highest BCUT2D eigenvalue weighted by molar-refractivity contribution is 5.62. The summed E-state index contributed by atoms with van der Waals surface area (Å²) in [6.45, 7) is 5.08. The van der Waals surface area contributed by atoms with E-state index < -0.39 is 12.3 Å². The summed E-state index contributed by atoms with van der Waals surface area (Å²) in [5.74, 6) is 0.206. The SMILES string of the molecule is C=C1OC(=O)OC(CO)C1C. The number of cyclic esters (lactones) is 2. The molecular formula is C7H10O4. The summed E-state index contributed by atoms with van der Waals surface area (Å²) in [4.78, 5) is 10.6. The Morgan fingerprint density at radius 2 is 2.36 bits per heavy atom. The Balaban J connectivity index is 2.66. The molecule has 1 rings (SSSR count). The van der Waals surface area contributed by atoms with Gasteiger partial charge in [-0.3, -0.25) is 0 Å². The van der Waals surface area contributed by atoms with Crippen molar-refractivity contribution in [3.8, 4) is 0 Å². The van der Waals surface area contributed by atoms with Gasteiger partial charge in [0.25, 0.3) is 0 Å². The molecule has 0 aromatic rings. The van der Waals surface area contributed by atoms with Gasteiger partial charge in [0.2, 0.25) is 0 Å². The molecule has 2 unspecified atom stereocenters. The minimum atomic E-state index is -0.785. The average Bonchev–Trinajstić information content (AvgIpc) is 1.96. The van der Waals surface area contributed by atoms with E-state index in [1.54, 1.807) is 6.92 Å². The van der Waals surface area contributed by atoms with Crippen LogP contribution in [-0.4, -0.2) is 24.0 Å². The Morgan fingerprint density at radius 3 is 2.91 bits per heavy atom. The van der Waals surface area contributed by atoms with Gasteiger partial charge >= 0.3 is 6.16 Å². The molecule has 0 radical (unpaired) electrons. The van der Waals surface area contributed by atoms with Gasteiger partial charge in [-0.15, -0.1) is 0 Å². The van der Waals surface area contributed by atoms with E-state index in [4.69, 9.17) is 5.11 Å². The van der Waals surface area contributed by atoms with E-state index in [2.05, 4.69) is 16.1 Å². The van der Waals surface area contributed by atoms with Crippen molar-refractivity contribution < 1.29 is 19.4 Å². The number of aliphatic hydroxyl groups is 1. The lowest BCUT2D eigenvalue weighted by molar-refractivity contribution is -0.0423. The maximum Gasteiger partial charge on any atom is 0.513 e. The second kappa shape index (κ2) is 2.92. The third-order valence-electron chi connectivity index (χ3n) is 1.71. The van der Waals surface area contributed by atoms with Crippen molar-refractivity contribution in [2.75, 3.05) is 6.61 Å². The molecule has 0 aromatic heterocycles. The number of carbonyl (C=O) groups excluding carboxylic acids is 1. The Bertz CT molecular complexity index is 187. The molecule has 1 aliphatic rings. The first-order valence-corrected chi connectivity index (χ1v) is 3.33. The zero-order chi connectivity index (χ0) is 8.43. The number of aliphatic hydroxyl groups excluding tert-OH is 1. The molecule has 0 aromatic carbocycles. The van der Waals surface area contributed by atoms with Crippen molar-refractivity contribution in [1.29, 1.82) is 0 Å². The molecule has 4 nitrogen and oxygen atoms in total. The van der Waals surface area contributed by atoms with Gasteiger partial charge in [-0.05, 0) is 0 Å². The third kappa shape index (κ3) is 1.51. The molecule has 0 saturated carbocycles. The van der Waals surface area contributed by atoms with E-state index in [0.717, 1.165) is 0 Å². The molecule has 1 saturated heterocycles. The molecule has 0 bridgehead atoms. The van der Waals surface area contributed by atoms with E-state index in [1.165, 1.54) is 0 Å². The van der Waals surface area contributed by atoms with Gasteiger partial charge < -0.3 is 14.6 Å². The van der Waals surface area contributed by atoms with Crippen LogP contribution in [0.4, 0.5) is 4.79 Å². The fraction of sp³-hybridized carbons (Fsp3) is 0.571. The Kier molecular flexibility index (Phi) is 2.14. The molecule has 4 heteroatoms. The number of ether oxygens (including phenoxy) is 2. The van der Waals surface area contributed by atoms with Gasteiger partial charge in [-0.1, -0.05) is 13.5 Å². The lowest BCUT2D eigenvalue weighted by Gasteiger charge is -2.27. The summed E-state index contributed by atoms with van der Waals surface area (Å²) in [7, 11) is 0. The smallest absolute Gasteiger partial charge is 0.427 e. The van der Waals surface area contributed by atoms with Gasteiger partial charge in [-0.25, -0.2) is 4.79 Å². The van der Waals surface area contributed by atoms with Crippen LogP contribution >= 0.6 is 0 Å². The summed E-state index contributed by atoms with van der Waals surface area (Å²) in [6, 6.07) is 0. The monoisotopic (exact) mass is 158 g/mol. The highest BCUT2D eigenvalue weighted by Gasteiger charge is 2.31. The van der Waals surface area contributed by atoms with Gasteiger partial charge in [0.1, 0.15) is 11.9 Å². The van der Waals surface area contributed by atoms with Gasteiger partial charge in [-0.2, -0.15) is 0 Å². The molecule has 0 amide bonds. The van der Waals surface area contributed by atoms with Crippen LogP contribution in [0.15, 0.2) is 12.3 Å². The predicted molar refractivity (Wildman–Crippen MR) is 36.7 cm³/mol. The summed E-state index contributed by atoms with van der Waals surface area (Å²) in [5.41, 5.74) is 0. The minimum Gasteiger partial charge on any atom is -0.427 e.